The van der Waals surface area contributed by atoms with E-state index in [2.05, 4.69) is 46.5 Å². The third-order valence-electron chi connectivity index (χ3n) is 3.33. The molecule has 0 saturated heterocycles. The van der Waals surface area contributed by atoms with E-state index in [1.54, 1.807) is 24.2 Å². The second-order valence-electron chi connectivity index (χ2n) is 5.24. The maximum absolute atomic E-state index is 12.0. The van der Waals surface area contributed by atoms with E-state index in [4.69, 9.17) is 0 Å². The van der Waals surface area contributed by atoms with Gasteiger partial charge in [-0.1, -0.05) is 17.7 Å². The molecule has 3 aromatic rings. The first-order chi connectivity index (χ1) is 11.7. The molecular formula is C18H17N3OS2. The van der Waals surface area contributed by atoms with Gasteiger partial charge in [0.1, 0.15) is 0 Å². The van der Waals surface area contributed by atoms with E-state index in [0.717, 1.165) is 17.0 Å². The standard InChI is InChI=1S/C18H17N3OS2/c1-13-4-6-15(7-5-13)23-10-8-17(22)21-18-20-16(12-24-18)14-3-2-9-19-11-14/h2-7,9,11-12H,8,10H2,1H3,(H,20,21,22). The van der Waals surface area contributed by atoms with Gasteiger partial charge in [-0.05, 0) is 31.2 Å². The average Bonchev–Trinajstić information content (AvgIpc) is 3.06. The minimum atomic E-state index is -0.0123. The molecule has 122 valence electrons. The lowest BCUT2D eigenvalue weighted by Crippen LogP contribution is -2.11. The van der Waals surface area contributed by atoms with Gasteiger partial charge < -0.3 is 5.32 Å². The Kier molecular flexibility index (Phi) is 5.61. The topological polar surface area (TPSA) is 54.9 Å². The second-order valence-corrected chi connectivity index (χ2v) is 7.27. The summed E-state index contributed by atoms with van der Waals surface area (Å²) in [6.45, 7) is 2.07. The van der Waals surface area contributed by atoms with Crippen LogP contribution < -0.4 is 5.32 Å². The molecule has 2 aromatic heterocycles. The van der Waals surface area contributed by atoms with E-state index >= 15 is 0 Å². The summed E-state index contributed by atoms with van der Waals surface area (Å²) in [4.78, 5) is 21.7. The number of nitrogens with zero attached hydrogens (tertiary/aromatic N) is 2. The Hall–Kier alpha value is -2.18. The van der Waals surface area contributed by atoms with Crippen molar-refractivity contribution in [3.05, 3.63) is 59.7 Å². The highest BCUT2D eigenvalue weighted by molar-refractivity contribution is 7.99. The van der Waals surface area contributed by atoms with E-state index in [9.17, 15) is 4.79 Å². The molecule has 24 heavy (non-hydrogen) atoms. The van der Waals surface area contributed by atoms with Crippen molar-refractivity contribution in [1.82, 2.24) is 9.97 Å². The molecule has 0 radical (unpaired) electrons. The van der Waals surface area contributed by atoms with Crippen molar-refractivity contribution < 1.29 is 4.79 Å². The smallest absolute Gasteiger partial charge is 0.226 e. The van der Waals surface area contributed by atoms with E-state index in [1.165, 1.54) is 21.8 Å². The molecule has 0 unspecified atom stereocenters. The van der Waals surface area contributed by atoms with Gasteiger partial charge >= 0.3 is 0 Å². The van der Waals surface area contributed by atoms with E-state index < -0.39 is 0 Å². The lowest BCUT2D eigenvalue weighted by atomic mass is 10.2. The van der Waals surface area contributed by atoms with Crippen molar-refractivity contribution in [3.63, 3.8) is 0 Å². The zero-order chi connectivity index (χ0) is 16.8. The molecule has 0 atom stereocenters. The number of hydrogen-bond acceptors (Lipinski definition) is 5. The lowest BCUT2D eigenvalue weighted by molar-refractivity contribution is -0.115. The predicted molar refractivity (Wildman–Crippen MR) is 100 cm³/mol. The Balaban J connectivity index is 1.48. The minimum absolute atomic E-state index is 0.0123. The van der Waals surface area contributed by atoms with Crippen molar-refractivity contribution in [1.29, 1.82) is 0 Å². The highest BCUT2D eigenvalue weighted by Crippen LogP contribution is 2.24. The van der Waals surface area contributed by atoms with E-state index in [0.29, 0.717) is 11.6 Å². The Bertz CT molecular complexity index is 801. The van der Waals surface area contributed by atoms with Crippen molar-refractivity contribution >= 4 is 34.1 Å². The summed E-state index contributed by atoms with van der Waals surface area (Å²) < 4.78 is 0. The molecule has 6 heteroatoms. The van der Waals surface area contributed by atoms with Gasteiger partial charge in [0.05, 0.1) is 5.69 Å². The zero-order valence-corrected chi connectivity index (χ0v) is 14.9. The molecule has 2 heterocycles. The molecule has 0 spiro atoms. The Morgan fingerprint density at radius 1 is 1.25 bits per heavy atom. The Morgan fingerprint density at radius 2 is 2.08 bits per heavy atom. The van der Waals surface area contributed by atoms with Crippen LogP contribution in [0.25, 0.3) is 11.3 Å². The maximum Gasteiger partial charge on any atom is 0.226 e. The van der Waals surface area contributed by atoms with Crippen molar-refractivity contribution in [2.24, 2.45) is 0 Å². The number of thiazole rings is 1. The van der Waals surface area contributed by atoms with Crippen LogP contribution in [0.1, 0.15) is 12.0 Å². The van der Waals surface area contributed by atoms with Gasteiger partial charge in [0.2, 0.25) is 5.91 Å². The molecule has 0 fully saturated rings. The number of rotatable bonds is 6. The van der Waals surface area contributed by atoms with Crippen molar-refractivity contribution in [2.75, 3.05) is 11.1 Å². The molecular weight excluding hydrogens is 338 g/mol. The SMILES string of the molecule is Cc1ccc(SCCC(=O)Nc2nc(-c3cccnc3)cs2)cc1. The number of carbonyl (C=O) groups excluding carboxylic acids is 1. The number of benzene rings is 1. The van der Waals surface area contributed by atoms with Crippen LogP contribution in [0.4, 0.5) is 5.13 Å². The van der Waals surface area contributed by atoms with Gasteiger partial charge in [0.25, 0.3) is 0 Å². The van der Waals surface area contributed by atoms with Crippen LogP contribution in [0.3, 0.4) is 0 Å². The normalized spacial score (nSPS) is 10.5. The number of anilines is 1. The number of hydrogen-bond donors (Lipinski definition) is 1. The Morgan fingerprint density at radius 3 is 2.83 bits per heavy atom. The highest BCUT2D eigenvalue weighted by atomic mass is 32.2. The number of aromatic nitrogens is 2. The Labute approximate surface area is 149 Å². The van der Waals surface area contributed by atoms with Gasteiger partial charge in [-0.15, -0.1) is 23.1 Å². The quantitative estimate of drug-likeness (QED) is 0.655. The fourth-order valence-electron chi connectivity index (χ4n) is 2.06. The van der Waals surface area contributed by atoms with Crippen LogP contribution in [0, 0.1) is 6.92 Å². The second kappa shape index (κ2) is 8.08. The number of pyridine rings is 1. The predicted octanol–water partition coefficient (Wildman–Crippen LogP) is 4.63. The molecule has 3 rings (SSSR count). The summed E-state index contributed by atoms with van der Waals surface area (Å²) in [7, 11) is 0. The van der Waals surface area contributed by atoms with Crippen LogP contribution in [0.15, 0.2) is 59.1 Å². The molecule has 0 aliphatic heterocycles. The van der Waals surface area contributed by atoms with E-state index in [1.807, 2.05) is 17.5 Å². The third-order valence-corrected chi connectivity index (χ3v) is 5.10. The number of nitrogens with one attached hydrogen (secondary N) is 1. The number of aryl methyl sites for hydroxylation is 1. The summed E-state index contributed by atoms with van der Waals surface area (Å²) in [5.41, 5.74) is 3.02. The largest absolute Gasteiger partial charge is 0.302 e. The highest BCUT2D eigenvalue weighted by Gasteiger charge is 2.08. The third kappa shape index (κ3) is 4.66. The summed E-state index contributed by atoms with van der Waals surface area (Å²) in [5.74, 6) is 0.733. The fraction of sp³-hybridized carbons (Fsp3) is 0.167. The molecule has 1 N–H and O–H groups in total. The fourth-order valence-corrected chi connectivity index (χ4v) is 3.64. The first kappa shape index (κ1) is 16.7. The van der Waals surface area contributed by atoms with Gasteiger partial charge in [-0.2, -0.15) is 0 Å². The summed E-state index contributed by atoms with van der Waals surface area (Å²) >= 11 is 3.11. The number of carbonyl (C=O) groups is 1. The van der Waals surface area contributed by atoms with Gasteiger partial charge in [-0.25, -0.2) is 4.98 Å². The molecule has 1 amide bonds. The summed E-state index contributed by atoms with van der Waals surface area (Å²) in [5, 5.41) is 5.41. The molecule has 0 saturated carbocycles. The molecule has 0 bridgehead atoms. The first-order valence-corrected chi connectivity index (χ1v) is 9.42. The first-order valence-electron chi connectivity index (χ1n) is 7.56. The molecule has 0 aliphatic rings. The van der Waals surface area contributed by atoms with Gasteiger partial charge in [-0.3, -0.25) is 9.78 Å². The average molecular weight is 355 g/mol. The summed E-state index contributed by atoms with van der Waals surface area (Å²) in [6.07, 6.45) is 3.95. The molecule has 1 aromatic carbocycles. The lowest BCUT2D eigenvalue weighted by Gasteiger charge is -2.03. The van der Waals surface area contributed by atoms with Crippen LogP contribution in [-0.4, -0.2) is 21.6 Å². The van der Waals surface area contributed by atoms with Gasteiger partial charge in [0, 0.05) is 40.4 Å². The number of thioether (sulfide) groups is 1. The van der Waals surface area contributed by atoms with Crippen LogP contribution in [-0.2, 0) is 4.79 Å². The maximum atomic E-state index is 12.0. The monoisotopic (exact) mass is 355 g/mol. The number of amides is 1. The zero-order valence-electron chi connectivity index (χ0n) is 13.2. The molecule has 0 aliphatic carbocycles. The van der Waals surface area contributed by atoms with Crippen LogP contribution in [0.2, 0.25) is 0 Å². The van der Waals surface area contributed by atoms with Crippen molar-refractivity contribution in [3.8, 4) is 11.3 Å². The minimum Gasteiger partial charge on any atom is -0.302 e. The van der Waals surface area contributed by atoms with Crippen molar-refractivity contribution in [2.45, 2.75) is 18.2 Å². The van der Waals surface area contributed by atoms with Crippen LogP contribution >= 0.6 is 23.1 Å². The van der Waals surface area contributed by atoms with E-state index in [-0.39, 0.29) is 5.91 Å². The van der Waals surface area contributed by atoms with Crippen LogP contribution in [0.5, 0.6) is 0 Å². The molecule has 4 nitrogen and oxygen atoms in total. The summed E-state index contributed by atoms with van der Waals surface area (Å²) in [6, 6.07) is 12.1. The van der Waals surface area contributed by atoms with Gasteiger partial charge in [0.15, 0.2) is 5.13 Å².